The number of sulfonamides is 2. The largest absolute Gasteiger partial charge is 0.497 e. The van der Waals surface area contributed by atoms with Gasteiger partial charge in [0.1, 0.15) is 19.9 Å². The first-order chi connectivity index (χ1) is 20.7. The molecule has 4 aromatic rings. The maximum Gasteiger partial charge on any atom is 0.252 e. The second kappa shape index (κ2) is 15.8. The minimum absolute atomic E-state index is 0.261. The molecule has 8 nitrogen and oxygen atoms in total. The summed E-state index contributed by atoms with van der Waals surface area (Å²) < 4.78 is 68.0. The minimum atomic E-state index is -3.63. The molecule has 2 aromatic heterocycles. The van der Waals surface area contributed by atoms with E-state index in [0.717, 1.165) is 30.4 Å². The highest BCUT2D eigenvalue weighted by Crippen LogP contribution is 2.26. The second-order valence-electron chi connectivity index (χ2n) is 10.0. The average molecular weight is 663 g/mol. The van der Waals surface area contributed by atoms with Crippen LogP contribution in [0.1, 0.15) is 43.2 Å². The van der Waals surface area contributed by atoms with Gasteiger partial charge in [0.05, 0.1) is 14.2 Å². The van der Waals surface area contributed by atoms with Crippen molar-refractivity contribution < 1.29 is 26.3 Å². The summed E-state index contributed by atoms with van der Waals surface area (Å²) in [6, 6.07) is 21.7. The molecule has 0 spiro atoms. The van der Waals surface area contributed by atoms with Crippen molar-refractivity contribution in [1.29, 1.82) is 0 Å². The lowest BCUT2D eigenvalue weighted by molar-refractivity contribution is 0.378. The molecule has 0 bridgehead atoms. The molecular formula is C31H38N2O6S4. The summed E-state index contributed by atoms with van der Waals surface area (Å²) in [6.45, 7) is 1.31. The Kier molecular flexibility index (Phi) is 12.2. The van der Waals surface area contributed by atoms with Crippen molar-refractivity contribution in [3.8, 4) is 11.5 Å². The summed E-state index contributed by atoms with van der Waals surface area (Å²) in [5, 5.41) is 3.54. The number of rotatable bonds is 18. The van der Waals surface area contributed by atoms with Crippen LogP contribution in [-0.2, 0) is 33.1 Å². The number of methoxy groups -OCH3 is 2. The van der Waals surface area contributed by atoms with Crippen molar-refractivity contribution in [2.45, 2.75) is 53.6 Å². The van der Waals surface area contributed by atoms with Crippen LogP contribution in [0.15, 0.2) is 92.0 Å². The lowest BCUT2D eigenvalue weighted by atomic mass is 10.1. The third kappa shape index (κ3) is 9.13. The minimum Gasteiger partial charge on any atom is -0.497 e. The van der Waals surface area contributed by atoms with Crippen molar-refractivity contribution >= 4 is 42.7 Å². The van der Waals surface area contributed by atoms with Crippen molar-refractivity contribution in [2.24, 2.45) is 0 Å². The van der Waals surface area contributed by atoms with Crippen LogP contribution in [0.5, 0.6) is 11.5 Å². The molecule has 0 atom stereocenters. The quantitative estimate of drug-likeness (QED) is 0.108. The Morgan fingerprint density at radius 2 is 1.00 bits per heavy atom. The summed E-state index contributed by atoms with van der Waals surface area (Å²) in [6.07, 6.45) is 3.95. The molecule has 232 valence electrons. The van der Waals surface area contributed by atoms with Gasteiger partial charge in [0, 0.05) is 26.2 Å². The first-order valence-electron chi connectivity index (χ1n) is 14.1. The maximum atomic E-state index is 13.4. The summed E-state index contributed by atoms with van der Waals surface area (Å²) in [4.78, 5) is 0. The number of hydrogen-bond donors (Lipinski definition) is 0. The zero-order valence-corrected chi connectivity index (χ0v) is 27.7. The van der Waals surface area contributed by atoms with E-state index in [1.54, 1.807) is 49.2 Å². The number of benzene rings is 2. The van der Waals surface area contributed by atoms with Crippen LogP contribution in [0.2, 0.25) is 0 Å². The lowest BCUT2D eigenvalue weighted by Gasteiger charge is -2.22. The van der Waals surface area contributed by atoms with Crippen LogP contribution in [0, 0.1) is 0 Å². The van der Waals surface area contributed by atoms with Gasteiger partial charge in [-0.25, -0.2) is 16.8 Å². The van der Waals surface area contributed by atoms with Gasteiger partial charge in [-0.2, -0.15) is 8.61 Å². The molecule has 0 unspecified atom stereocenters. The van der Waals surface area contributed by atoms with E-state index in [2.05, 4.69) is 0 Å². The second-order valence-corrected chi connectivity index (χ2v) is 16.2. The van der Waals surface area contributed by atoms with E-state index in [1.165, 1.54) is 31.3 Å². The van der Waals surface area contributed by atoms with Gasteiger partial charge in [-0.3, -0.25) is 0 Å². The van der Waals surface area contributed by atoms with Crippen molar-refractivity contribution in [3.05, 3.63) is 94.7 Å². The summed E-state index contributed by atoms with van der Waals surface area (Å²) in [7, 11) is -4.07. The summed E-state index contributed by atoms with van der Waals surface area (Å²) in [5.74, 6) is 1.38. The number of nitrogens with zero attached hydrogens (tertiary/aromatic N) is 2. The standard InChI is InChI=1S/C31H38N2O6S4/c1-38-28-14-8-12-26(22-28)24-32(42(34,35)30-16-10-20-40-30)18-6-4-3-5-7-19-33(43(36,37)31-17-11-21-41-31)25-27-13-9-15-29(23-27)39-2/h8-17,20-23H,3-7,18-19,24-25H2,1-2H3. The molecule has 2 aromatic carbocycles. The van der Waals surface area contributed by atoms with Crippen LogP contribution in [0.25, 0.3) is 0 Å². The van der Waals surface area contributed by atoms with Gasteiger partial charge in [0.25, 0.3) is 20.0 Å². The maximum absolute atomic E-state index is 13.4. The average Bonchev–Trinajstić information content (AvgIpc) is 3.76. The van der Waals surface area contributed by atoms with E-state index in [4.69, 9.17) is 9.47 Å². The SMILES string of the molecule is COc1cccc(CN(CCCCCCCN(Cc2cccc(OC)c2)S(=O)(=O)c2cccs2)S(=O)(=O)c2cccs2)c1. The van der Waals surface area contributed by atoms with E-state index in [9.17, 15) is 16.8 Å². The molecule has 0 N–H and O–H groups in total. The third-order valence-corrected chi connectivity index (χ3v) is 13.4. The molecule has 0 fully saturated rings. The highest BCUT2D eigenvalue weighted by Gasteiger charge is 2.27. The molecule has 43 heavy (non-hydrogen) atoms. The Balaban J connectivity index is 1.33. The monoisotopic (exact) mass is 662 g/mol. The molecule has 0 radical (unpaired) electrons. The molecule has 0 aliphatic heterocycles. The van der Waals surface area contributed by atoms with Gasteiger partial charge >= 0.3 is 0 Å². The molecule has 0 amide bonds. The molecule has 0 aliphatic rings. The van der Waals surface area contributed by atoms with Crippen molar-refractivity contribution in [3.63, 3.8) is 0 Å². The van der Waals surface area contributed by atoms with Gasteiger partial charge in [-0.05, 0) is 71.1 Å². The number of unbranched alkanes of at least 4 members (excludes halogenated alkanes) is 4. The Bertz CT molecular complexity index is 1500. The van der Waals surface area contributed by atoms with Gasteiger partial charge in [-0.15, -0.1) is 22.7 Å². The molecule has 12 heteroatoms. The van der Waals surface area contributed by atoms with Gasteiger partial charge in [0.2, 0.25) is 0 Å². The fourth-order valence-corrected chi connectivity index (χ4v) is 9.92. The fraction of sp³-hybridized carbons (Fsp3) is 0.355. The lowest BCUT2D eigenvalue weighted by Crippen LogP contribution is -2.31. The Morgan fingerprint density at radius 1 is 0.581 bits per heavy atom. The number of hydrogen-bond acceptors (Lipinski definition) is 8. The first-order valence-corrected chi connectivity index (χ1v) is 18.7. The van der Waals surface area contributed by atoms with Crippen LogP contribution >= 0.6 is 22.7 Å². The number of ether oxygens (including phenoxy) is 2. The van der Waals surface area contributed by atoms with Gasteiger partial charge < -0.3 is 9.47 Å². The van der Waals surface area contributed by atoms with E-state index >= 15 is 0 Å². The fourth-order valence-electron chi connectivity index (χ4n) is 4.70. The highest BCUT2D eigenvalue weighted by atomic mass is 32.3. The smallest absolute Gasteiger partial charge is 0.252 e. The molecule has 4 rings (SSSR count). The highest BCUT2D eigenvalue weighted by molar-refractivity contribution is 7.91. The number of thiophene rings is 2. The van der Waals surface area contributed by atoms with Crippen LogP contribution in [0.3, 0.4) is 0 Å². The van der Waals surface area contributed by atoms with Crippen molar-refractivity contribution in [1.82, 2.24) is 8.61 Å². The molecule has 0 saturated heterocycles. The summed E-state index contributed by atoms with van der Waals surface area (Å²) >= 11 is 2.44. The topological polar surface area (TPSA) is 93.2 Å². The Morgan fingerprint density at radius 3 is 1.37 bits per heavy atom. The van der Waals surface area contributed by atoms with Gasteiger partial charge in [-0.1, -0.05) is 55.7 Å². The normalized spacial score (nSPS) is 12.2. The van der Waals surface area contributed by atoms with Crippen LogP contribution < -0.4 is 9.47 Å². The first kappa shape index (κ1) is 33.2. The van der Waals surface area contributed by atoms with E-state index in [-0.39, 0.29) is 13.1 Å². The zero-order chi connectivity index (χ0) is 30.7. The predicted molar refractivity (Wildman–Crippen MR) is 173 cm³/mol. The summed E-state index contributed by atoms with van der Waals surface area (Å²) in [5.41, 5.74) is 1.73. The zero-order valence-electron chi connectivity index (χ0n) is 24.4. The third-order valence-electron chi connectivity index (χ3n) is 6.98. The van der Waals surface area contributed by atoms with Crippen molar-refractivity contribution in [2.75, 3.05) is 27.3 Å². The van der Waals surface area contributed by atoms with Crippen LogP contribution in [0.4, 0.5) is 0 Å². The Hall–Kier alpha value is -2.74. The molecule has 2 heterocycles. The molecule has 0 saturated carbocycles. The van der Waals surface area contributed by atoms with E-state index in [1.807, 2.05) is 48.5 Å². The molecular weight excluding hydrogens is 625 g/mol. The van der Waals surface area contributed by atoms with E-state index < -0.39 is 20.0 Å². The predicted octanol–water partition coefficient (Wildman–Crippen LogP) is 6.86. The van der Waals surface area contributed by atoms with Gasteiger partial charge in [0.15, 0.2) is 0 Å². The van der Waals surface area contributed by atoms with E-state index in [0.29, 0.717) is 45.8 Å². The Labute approximate surface area is 263 Å². The van der Waals surface area contributed by atoms with Crippen LogP contribution in [-0.4, -0.2) is 52.8 Å². The molecule has 0 aliphatic carbocycles.